The number of anilines is 1. The van der Waals surface area contributed by atoms with E-state index in [9.17, 15) is 0 Å². The van der Waals surface area contributed by atoms with Gasteiger partial charge in [0.2, 0.25) is 0 Å². The highest BCUT2D eigenvalue weighted by Crippen LogP contribution is 2.31. The van der Waals surface area contributed by atoms with Crippen molar-refractivity contribution >= 4 is 33.4 Å². The minimum Gasteiger partial charge on any atom is -0.367 e. The van der Waals surface area contributed by atoms with Gasteiger partial charge in [-0.3, -0.25) is 0 Å². The van der Waals surface area contributed by atoms with Gasteiger partial charge in [0, 0.05) is 40.3 Å². The number of nitrogens with zero attached hydrogens (tertiary/aromatic N) is 1. The molecule has 112 valence electrons. The minimum atomic E-state index is 0.602. The van der Waals surface area contributed by atoms with E-state index < -0.39 is 0 Å². The molecule has 0 spiro atoms. The van der Waals surface area contributed by atoms with E-state index in [1.165, 1.54) is 27.9 Å². The van der Waals surface area contributed by atoms with Crippen LogP contribution in [0.5, 0.6) is 0 Å². The molecule has 2 rings (SSSR count). The normalized spacial score (nSPS) is 23.1. The van der Waals surface area contributed by atoms with Crippen LogP contribution >= 0.6 is 27.7 Å². The van der Waals surface area contributed by atoms with Gasteiger partial charge in [-0.2, -0.15) is 11.8 Å². The molecule has 0 bridgehead atoms. The van der Waals surface area contributed by atoms with Crippen LogP contribution < -0.4 is 10.2 Å². The lowest BCUT2D eigenvalue weighted by Crippen LogP contribution is -2.44. The highest BCUT2D eigenvalue weighted by Gasteiger charge is 2.25. The highest BCUT2D eigenvalue weighted by molar-refractivity contribution is 9.10. The molecular weight excluding hydrogens is 332 g/mol. The van der Waals surface area contributed by atoms with Crippen LogP contribution in [-0.4, -0.2) is 30.1 Å². The van der Waals surface area contributed by atoms with E-state index in [0.717, 1.165) is 19.6 Å². The molecule has 2 atom stereocenters. The maximum atomic E-state index is 3.73. The number of hydrogen-bond donors (Lipinski definition) is 1. The Morgan fingerprint density at radius 3 is 2.90 bits per heavy atom. The summed E-state index contributed by atoms with van der Waals surface area (Å²) in [5, 5.41) is 4.16. The van der Waals surface area contributed by atoms with Gasteiger partial charge in [0.25, 0.3) is 0 Å². The quantitative estimate of drug-likeness (QED) is 0.792. The SMILES string of the molecule is CCCNCc1ccc(N2CCSC(C)C2C)cc1Br. The Kier molecular flexibility index (Phi) is 6.24. The van der Waals surface area contributed by atoms with Gasteiger partial charge in [0.05, 0.1) is 0 Å². The van der Waals surface area contributed by atoms with Gasteiger partial charge < -0.3 is 10.2 Å². The number of hydrogen-bond acceptors (Lipinski definition) is 3. The first kappa shape index (κ1) is 16.2. The van der Waals surface area contributed by atoms with Gasteiger partial charge in [-0.15, -0.1) is 0 Å². The van der Waals surface area contributed by atoms with Crippen molar-refractivity contribution in [3.8, 4) is 0 Å². The van der Waals surface area contributed by atoms with Gasteiger partial charge in [0.15, 0.2) is 0 Å². The zero-order valence-electron chi connectivity index (χ0n) is 12.7. The smallest absolute Gasteiger partial charge is 0.0380 e. The van der Waals surface area contributed by atoms with E-state index in [2.05, 4.69) is 76.9 Å². The molecule has 1 heterocycles. The zero-order valence-corrected chi connectivity index (χ0v) is 15.1. The zero-order chi connectivity index (χ0) is 14.5. The average Bonchev–Trinajstić information content (AvgIpc) is 2.44. The molecule has 1 aliphatic heterocycles. The first-order valence-electron chi connectivity index (χ1n) is 7.51. The molecule has 2 nitrogen and oxygen atoms in total. The van der Waals surface area contributed by atoms with Crippen molar-refractivity contribution in [3.05, 3.63) is 28.2 Å². The summed E-state index contributed by atoms with van der Waals surface area (Å²) in [6.45, 7) is 10.0. The number of nitrogens with one attached hydrogen (secondary N) is 1. The van der Waals surface area contributed by atoms with Crippen LogP contribution in [0.4, 0.5) is 5.69 Å². The van der Waals surface area contributed by atoms with Crippen LogP contribution in [0.2, 0.25) is 0 Å². The average molecular weight is 357 g/mol. The van der Waals surface area contributed by atoms with Crippen molar-refractivity contribution in [2.45, 2.75) is 45.0 Å². The molecule has 1 aromatic rings. The van der Waals surface area contributed by atoms with E-state index in [-0.39, 0.29) is 0 Å². The van der Waals surface area contributed by atoms with Crippen molar-refractivity contribution in [1.29, 1.82) is 0 Å². The monoisotopic (exact) mass is 356 g/mol. The fourth-order valence-corrected chi connectivity index (χ4v) is 4.16. The van der Waals surface area contributed by atoms with Crippen molar-refractivity contribution < 1.29 is 0 Å². The van der Waals surface area contributed by atoms with Gasteiger partial charge in [0.1, 0.15) is 0 Å². The van der Waals surface area contributed by atoms with Crippen LogP contribution in [0, 0.1) is 0 Å². The van der Waals surface area contributed by atoms with Crippen molar-refractivity contribution in [1.82, 2.24) is 5.32 Å². The molecule has 1 fully saturated rings. The summed E-state index contributed by atoms with van der Waals surface area (Å²) in [7, 11) is 0. The second-order valence-electron chi connectivity index (χ2n) is 5.46. The third-order valence-electron chi connectivity index (χ3n) is 3.99. The maximum absolute atomic E-state index is 3.73. The van der Waals surface area contributed by atoms with Crippen LogP contribution in [0.3, 0.4) is 0 Å². The Balaban J connectivity index is 2.08. The summed E-state index contributed by atoms with van der Waals surface area (Å²) in [6.07, 6.45) is 1.18. The Labute approximate surface area is 135 Å². The van der Waals surface area contributed by atoms with E-state index in [1.54, 1.807) is 0 Å². The Hall–Kier alpha value is -0.190. The second-order valence-corrected chi connectivity index (χ2v) is 7.80. The number of rotatable bonds is 5. The molecule has 0 aliphatic carbocycles. The molecule has 0 aromatic heterocycles. The molecule has 1 aromatic carbocycles. The summed E-state index contributed by atoms with van der Waals surface area (Å²) in [6, 6.07) is 7.40. The van der Waals surface area contributed by atoms with E-state index in [1.807, 2.05) is 0 Å². The molecule has 0 saturated carbocycles. The first-order valence-corrected chi connectivity index (χ1v) is 9.35. The van der Waals surface area contributed by atoms with Crippen molar-refractivity contribution in [2.75, 3.05) is 23.7 Å². The largest absolute Gasteiger partial charge is 0.367 e. The van der Waals surface area contributed by atoms with E-state index in [0.29, 0.717) is 11.3 Å². The number of thioether (sulfide) groups is 1. The maximum Gasteiger partial charge on any atom is 0.0380 e. The lowest BCUT2D eigenvalue weighted by molar-refractivity contribution is 0.626. The predicted octanol–water partition coefficient (Wildman–Crippen LogP) is 4.28. The lowest BCUT2D eigenvalue weighted by Gasteiger charge is -2.39. The Morgan fingerprint density at radius 1 is 1.40 bits per heavy atom. The van der Waals surface area contributed by atoms with Gasteiger partial charge in [-0.05, 0) is 37.6 Å². The van der Waals surface area contributed by atoms with Crippen LogP contribution in [0.1, 0.15) is 32.8 Å². The predicted molar refractivity (Wildman–Crippen MR) is 94.9 cm³/mol. The molecular formula is C16H25BrN2S. The molecule has 2 unspecified atom stereocenters. The summed E-state index contributed by atoms with van der Waals surface area (Å²) in [5.74, 6) is 1.23. The Morgan fingerprint density at radius 2 is 2.20 bits per heavy atom. The molecule has 1 N–H and O–H groups in total. The summed E-state index contributed by atoms with van der Waals surface area (Å²) < 4.78 is 1.22. The van der Waals surface area contributed by atoms with Crippen LogP contribution in [0.15, 0.2) is 22.7 Å². The lowest BCUT2D eigenvalue weighted by atomic mass is 10.1. The van der Waals surface area contributed by atoms with Crippen LogP contribution in [0.25, 0.3) is 0 Å². The fraction of sp³-hybridized carbons (Fsp3) is 0.625. The molecule has 0 amide bonds. The number of halogens is 1. The Bertz CT molecular complexity index is 438. The van der Waals surface area contributed by atoms with Gasteiger partial charge in [-0.25, -0.2) is 0 Å². The third-order valence-corrected chi connectivity index (χ3v) is 6.07. The topological polar surface area (TPSA) is 15.3 Å². The summed E-state index contributed by atoms with van der Waals surface area (Å²) in [4.78, 5) is 2.54. The van der Waals surface area contributed by atoms with Crippen molar-refractivity contribution in [2.24, 2.45) is 0 Å². The third kappa shape index (κ3) is 3.92. The van der Waals surface area contributed by atoms with E-state index >= 15 is 0 Å². The molecule has 1 saturated heterocycles. The molecule has 4 heteroatoms. The summed E-state index contributed by atoms with van der Waals surface area (Å²) in [5.41, 5.74) is 2.69. The second kappa shape index (κ2) is 7.71. The number of benzene rings is 1. The molecule has 20 heavy (non-hydrogen) atoms. The van der Waals surface area contributed by atoms with Gasteiger partial charge >= 0.3 is 0 Å². The van der Waals surface area contributed by atoms with Crippen LogP contribution in [-0.2, 0) is 6.54 Å². The van der Waals surface area contributed by atoms with Crippen molar-refractivity contribution in [3.63, 3.8) is 0 Å². The highest BCUT2D eigenvalue weighted by atomic mass is 79.9. The summed E-state index contributed by atoms with van der Waals surface area (Å²) >= 11 is 5.81. The fourth-order valence-electron chi connectivity index (χ4n) is 2.56. The first-order chi connectivity index (χ1) is 9.63. The van der Waals surface area contributed by atoms with E-state index in [4.69, 9.17) is 0 Å². The van der Waals surface area contributed by atoms with Gasteiger partial charge in [-0.1, -0.05) is 35.8 Å². The standard InChI is InChI=1S/C16H25BrN2S/c1-4-7-18-11-14-5-6-15(10-16(14)17)19-8-9-20-13(3)12(19)2/h5-6,10,12-13,18H,4,7-9,11H2,1-3H3. The minimum absolute atomic E-state index is 0.602. The molecule has 0 radical (unpaired) electrons. The molecule has 1 aliphatic rings.